The number of aryl methyl sites for hydroxylation is 1. The van der Waals surface area contributed by atoms with Crippen LogP contribution in [0.1, 0.15) is 5.56 Å². The number of carbonyl (C=O) groups excluding carboxylic acids is 1. The van der Waals surface area contributed by atoms with Crippen molar-refractivity contribution in [3.63, 3.8) is 0 Å². The van der Waals surface area contributed by atoms with Gasteiger partial charge in [-0.2, -0.15) is 0 Å². The average Bonchev–Trinajstić information content (AvgIpc) is 2.20. The molecule has 15 heavy (non-hydrogen) atoms. The van der Waals surface area contributed by atoms with E-state index in [1.54, 1.807) is 25.2 Å². The molecule has 0 heterocycles. The van der Waals surface area contributed by atoms with Crippen LogP contribution in [0.15, 0.2) is 18.2 Å². The molecule has 82 valence electrons. The molecular formula is C10H13ClN2O2. The molecule has 0 spiro atoms. The molecule has 1 aromatic carbocycles. The van der Waals surface area contributed by atoms with Crippen molar-refractivity contribution in [3.8, 4) is 5.75 Å². The summed E-state index contributed by atoms with van der Waals surface area (Å²) in [6.07, 6.45) is 0. The summed E-state index contributed by atoms with van der Waals surface area (Å²) in [7, 11) is 1.62. The Labute approximate surface area is 93.5 Å². The van der Waals surface area contributed by atoms with Gasteiger partial charge in [0.2, 0.25) is 0 Å². The maximum absolute atomic E-state index is 11.0. The highest BCUT2D eigenvalue weighted by molar-refractivity contribution is 6.31. The molecule has 0 fully saturated rings. The van der Waals surface area contributed by atoms with Gasteiger partial charge in [0, 0.05) is 12.1 Å². The van der Waals surface area contributed by atoms with Crippen molar-refractivity contribution in [1.29, 1.82) is 0 Å². The zero-order valence-electron chi connectivity index (χ0n) is 8.63. The van der Waals surface area contributed by atoms with Gasteiger partial charge in [0.05, 0.1) is 0 Å². The predicted octanol–water partition coefficient (Wildman–Crippen LogP) is 1.28. The van der Waals surface area contributed by atoms with Crippen LogP contribution in [0.2, 0.25) is 5.02 Å². The van der Waals surface area contributed by atoms with E-state index in [9.17, 15) is 4.79 Å². The average molecular weight is 229 g/mol. The third-order valence-electron chi connectivity index (χ3n) is 1.76. The van der Waals surface area contributed by atoms with Crippen LogP contribution in [0.3, 0.4) is 0 Å². The van der Waals surface area contributed by atoms with Gasteiger partial charge in [0.25, 0.3) is 5.91 Å². The standard InChI is InChI=1S/C10H13ClN2O2/c1-7-5-8(3-4-9(7)11)15-6-10(14)13-12-2/h3-5,12H,6H2,1-2H3,(H,13,14). The van der Waals surface area contributed by atoms with E-state index in [0.717, 1.165) is 5.56 Å². The molecule has 0 radical (unpaired) electrons. The van der Waals surface area contributed by atoms with E-state index in [1.165, 1.54) is 0 Å². The first-order chi connectivity index (χ1) is 7.13. The summed E-state index contributed by atoms with van der Waals surface area (Å²) in [5, 5.41) is 0.682. The molecule has 2 N–H and O–H groups in total. The number of rotatable bonds is 4. The molecule has 0 unspecified atom stereocenters. The van der Waals surface area contributed by atoms with Crippen LogP contribution in [0.5, 0.6) is 5.75 Å². The lowest BCUT2D eigenvalue weighted by Gasteiger charge is -2.07. The Morgan fingerprint density at radius 3 is 2.87 bits per heavy atom. The molecule has 1 rings (SSSR count). The minimum atomic E-state index is -0.231. The largest absolute Gasteiger partial charge is 0.484 e. The Kier molecular flexibility index (Phi) is 4.39. The van der Waals surface area contributed by atoms with Crippen molar-refractivity contribution in [2.75, 3.05) is 13.7 Å². The predicted molar refractivity (Wildman–Crippen MR) is 58.9 cm³/mol. The zero-order valence-corrected chi connectivity index (χ0v) is 9.39. The molecular weight excluding hydrogens is 216 g/mol. The smallest absolute Gasteiger partial charge is 0.271 e. The van der Waals surface area contributed by atoms with Crippen molar-refractivity contribution in [2.45, 2.75) is 6.92 Å². The fourth-order valence-electron chi connectivity index (χ4n) is 1.03. The van der Waals surface area contributed by atoms with Gasteiger partial charge in [-0.1, -0.05) is 11.6 Å². The van der Waals surface area contributed by atoms with Gasteiger partial charge in [-0.25, -0.2) is 5.43 Å². The molecule has 1 aromatic rings. The molecule has 0 aliphatic heterocycles. The van der Waals surface area contributed by atoms with E-state index in [-0.39, 0.29) is 12.5 Å². The summed E-state index contributed by atoms with van der Waals surface area (Å²) < 4.78 is 5.25. The molecule has 0 saturated heterocycles. The summed E-state index contributed by atoms with van der Waals surface area (Å²) in [5.41, 5.74) is 5.84. The molecule has 5 heteroatoms. The molecule has 4 nitrogen and oxygen atoms in total. The van der Waals surface area contributed by atoms with Crippen molar-refractivity contribution in [2.24, 2.45) is 0 Å². The zero-order chi connectivity index (χ0) is 11.3. The van der Waals surface area contributed by atoms with Crippen LogP contribution < -0.4 is 15.6 Å². The molecule has 0 aliphatic rings. The Morgan fingerprint density at radius 1 is 1.53 bits per heavy atom. The normalized spacial score (nSPS) is 9.80. The van der Waals surface area contributed by atoms with Gasteiger partial charge in [-0.3, -0.25) is 10.2 Å². The number of halogens is 1. The number of hydrazine groups is 1. The molecule has 0 bridgehead atoms. The number of hydrogen-bond donors (Lipinski definition) is 2. The number of benzene rings is 1. The second-order valence-corrected chi connectivity index (χ2v) is 3.41. The maximum Gasteiger partial charge on any atom is 0.271 e. The number of amides is 1. The van der Waals surface area contributed by atoms with Crippen LogP contribution in [0.4, 0.5) is 0 Å². The van der Waals surface area contributed by atoms with Crippen molar-refractivity contribution >= 4 is 17.5 Å². The summed E-state index contributed by atoms with van der Waals surface area (Å²) in [4.78, 5) is 11.0. The summed E-state index contributed by atoms with van der Waals surface area (Å²) in [6, 6.07) is 5.25. The van der Waals surface area contributed by atoms with Gasteiger partial charge in [0.1, 0.15) is 5.75 Å². The highest BCUT2D eigenvalue weighted by atomic mass is 35.5. The Morgan fingerprint density at radius 2 is 2.27 bits per heavy atom. The Bertz CT molecular complexity index is 355. The first-order valence-electron chi connectivity index (χ1n) is 4.48. The van der Waals surface area contributed by atoms with E-state index in [4.69, 9.17) is 16.3 Å². The summed E-state index contributed by atoms with van der Waals surface area (Å²) in [6.45, 7) is 1.85. The fourth-order valence-corrected chi connectivity index (χ4v) is 1.15. The van der Waals surface area contributed by atoms with Crippen LogP contribution in [0.25, 0.3) is 0 Å². The van der Waals surface area contributed by atoms with E-state index in [1.807, 2.05) is 6.92 Å². The number of carbonyl (C=O) groups is 1. The molecule has 0 aliphatic carbocycles. The number of hydrogen-bond acceptors (Lipinski definition) is 3. The van der Waals surface area contributed by atoms with Gasteiger partial charge in [-0.15, -0.1) is 0 Å². The van der Waals surface area contributed by atoms with Crippen LogP contribution in [0, 0.1) is 6.92 Å². The van der Waals surface area contributed by atoms with Gasteiger partial charge in [0.15, 0.2) is 6.61 Å². The Balaban J connectivity index is 2.51. The fraction of sp³-hybridized carbons (Fsp3) is 0.300. The van der Waals surface area contributed by atoms with E-state index in [0.29, 0.717) is 10.8 Å². The van der Waals surface area contributed by atoms with Crippen LogP contribution in [-0.2, 0) is 4.79 Å². The van der Waals surface area contributed by atoms with Crippen molar-refractivity contribution < 1.29 is 9.53 Å². The quantitative estimate of drug-likeness (QED) is 0.764. The van der Waals surface area contributed by atoms with Gasteiger partial charge < -0.3 is 4.74 Å². The molecule has 1 amide bonds. The number of ether oxygens (including phenoxy) is 1. The summed E-state index contributed by atoms with van der Waals surface area (Å²) >= 11 is 5.85. The molecule has 0 aromatic heterocycles. The lowest BCUT2D eigenvalue weighted by Crippen LogP contribution is -2.37. The van der Waals surface area contributed by atoms with E-state index in [2.05, 4.69) is 10.9 Å². The highest BCUT2D eigenvalue weighted by Gasteiger charge is 2.02. The van der Waals surface area contributed by atoms with Gasteiger partial charge in [-0.05, 0) is 30.7 Å². The monoisotopic (exact) mass is 228 g/mol. The maximum atomic E-state index is 11.0. The third-order valence-corrected chi connectivity index (χ3v) is 2.19. The minimum absolute atomic E-state index is 0.0259. The number of nitrogens with one attached hydrogen (secondary N) is 2. The first kappa shape index (κ1) is 11.8. The van der Waals surface area contributed by atoms with Crippen LogP contribution in [-0.4, -0.2) is 19.6 Å². The third kappa shape index (κ3) is 3.77. The second-order valence-electron chi connectivity index (χ2n) is 3.00. The second kappa shape index (κ2) is 5.58. The van der Waals surface area contributed by atoms with E-state index >= 15 is 0 Å². The molecule has 0 atom stereocenters. The lowest BCUT2D eigenvalue weighted by atomic mass is 10.2. The molecule has 0 saturated carbocycles. The Hall–Kier alpha value is -1.26. The SMILES string of the molecule is CNNC(=O)COc1ccc(Cl)c(C)c1. The van der Waals surface area contributed by atoms with Gasteiger partial charge >= 0.3 is 0 Å². The van der Waals surface area contributed by atoms with E-state index < -0.39 is 0 Å². The van der Waals surface area contributed by atoms with Crippen molar-refractivity contribution in [3.05, 3.63) is 28.8 Å². The van der Waals surface area contributed by atoms with Crippen LogP contribution >= 0.6 is 11.6 Å². The van der Waals surface area contributed by atoms with Crippen molar-refractivity contribution in [1.82, 2.24) is 10.9 Å². The minimum Gasteiger partial charge on any atom is -0.484 e. The summed E-state index contributed by atoms with van der Waals surface area (Å²) in [5.74, 6) is 0.397. The highest BCUT2D eigenvalue weighted by Crippen LogP contribution is 2.20. The lowest BCUT2D eigenvalue weighted by molar-refractivity contribution is -0.123. The topological polar surface area (TPSA) is 50.4 Å². The first-order valence-corrected chi connectivity index (χ1v) is 4.86.